The largest absolute Gasteiger partial charge is 0.454 e. The second-order valence-electron chi connectivity index (χ2n) is 5.01. The van der Waals surface area contributed by atoms with Gasteiger partial charge in [-0.1, -0.05) is 0 Å². The first-order valence-corrected chi connectivity index (χ1v) is 6.51. The smallest absolute Gasteiger partial charge is 0.231 e. The second-order valence-corrected chi connectivity index (χ2v) is 5.01. The zero-order valence-electron chi connectivity index (χ0n) is 11.6. The Hall–Kier alpha value is -2.57. The molecule has 1 unspecified atom stereocenters. The van der Waals surface area contributed by atoms with Crippen molar-refractivity contribution in [1.82, 2.24) is 5.32 Å². The van der Waals surface area contributed by atoms with Crippen LogP contribution in [0.1, 0.15) is 29.8 Å². The van der Waals surface area contributed by atoms with Gasteiger partial charge in [0.2, 0.25) is 18.6 Å². The molecule has 1 aromatic rings. The summed E-state index contributed by atoms with van der Waals surface area (Å²) in [4.78, 5) is 35.0. The molecule has 2 amide bonds. The highest BCUT2D eigenvalue weighted by molar-refractivity contribution is 6.12. The molecule has 7 heteroatoms. The van der Waals surface area contributed by atoms with Crippen LogP contribution < -0.4 is 20.1 Å². The summed E-state index contributed by atoms with van der Waals surface area (Å²) in [5.74, 6) is 0.208. The molecule has 0 saturated carbocycles. The number of Topliss-reactive ketones (excluding diaryl/α,β-unsaturated/α-hetero) is 1. The number of carbonyl (C=O) groups is 3. The van der Waals surface area contributed by atoms with Crippen LogP contribution in [0.15, 0.2) is 6.07 Å². The Bertz CT molecular complexity index is 668. The summed E-state index contributed by atoms with van der Waals surface area (Å²) in [6, 6.07) is 0.942. The van der Waals surface area contributed by atoms with Crippen molar-refractivity contribution in [1.29, 1.82) is 0 Å². The number of hydrogen-bond donors (Lipinski definition) is 2. The maximum absolute atomic E-state index is 12.5. The van der Waals surface area contributed by atoms with Crippen LogP contribution >= 0.6 is 0 Å². The third-order valence-electron chi connectivity index (χ3n) is 3.42. The highest BCUT2D eigenvalue weighted by atomic mass is 16.7. The number of carbonyl (C=O) groups excluding carboxylic acids is 3. The molecule has 2 aliphatic rings. The van der Waals surface area contributed by atoms with E-state index in [1.54, 1.807) is 6.07 Å². The highest BCUT2D eigenvalue weighted by Gasteiger charge is 2.38. The summed E-state index contributed by atoms with van der Waals surface area (Å²) in [5.41, 5.74) is 1.44. The predicted octanol–water partition coefficient (Wildman–Crippen LogP) is 0.617. The molecule has 0 aromatic heterocycles. The Kier molecular flexibility index (Phi) is 3.04. The average Bonchev–Trinajstić information content (AvgIpc) is 2.94. The molecule has 1 aromatic carbocycles. The van der Waals surface area contributed by atoms with Crippen molar-refractivity contribution in [2.45, 2.75) is 26.3 Å². The van der Waals surface area contributed by atoms with Crippen molar-refractivity contribution >= 4 is 23.3 Å². The fourth-order valence-electron chi connectivity index (χ4n) is 2.71. The molecule has 0 spiro atoms. The lowest BCUT2D eigenvalue weighted by atomic mass is 10.1. The maximum Gasteiger partial charge on any atom is 0.231 e. The molecule has 0 bridgehead atoms. The van der Waals surface area contributed by atoms with Crippen molar-refractivity contribution < 1.29 is 23.9 Å². The van der Waals surface area contributed by atoms with Crippen molar-refractivity contribution in [3.8, 4) is 11.5 Å². The molecule has 21 heavy (non-hydrogen) atoms. The summed E-state index contributed by atoms with van der Waals surface area (Å²) in [6.45, 7) is 2.79. The van der Waals surface area contributed by atoms with Crippen molar-refractivity contribution in [2.24, 2.45) is 0 Å². The summed E-state index contributed by atoms with van der Waals surface area (Å²) in [6.07, 6.45) is 0.326. The fourth-order valence-corrected chi connectivity index (χ4v) is 2.71. The van der Waals surface area contributed by atoms with E-state index in [1.807, 2.05) is 0 Å². The van der Waals surface area contributed by atoms with Gasteiger partial charge in [0, 0.05) is 31.9 Å². The standard InChI is InChI=1S/C14H14N2O5/c1-6(17)15-9-4-11-14(21-5-20-11)8-3-10(16-7(2)18)13(19)12(8)9/h4,10H,3,5H2,1-2H3,(H,15,17)(H,16,18). The lowest BCUT2D eigenvalue weighted by Crippen LogP contribution is -2.37. The number of ether oxygens (including phenoxy) is 2. The molecule has 1 aliphatic carbocycles. The normalized spacial score (nSPS) is 18.4. The summed E-state index contributed by atoms with van der Waals surface area (Å²) in [5, 5.41) is 5.24. The van der Waals surface area contributed by atoms with Gasteiger partial charge in [-0.05, 0) is 0 Å². The topological polar surface area (TPSA) is 93.7 Å². The van der Waals surface area contributed by atoms with Gasteiger partial charge in [0.05, 0.1) is 17.3 Å². The van der Waals surface area contributed by atoms with Crippen LogP contribution in [0.4, 0.5) is 5.69 Å². The summed E-state index contributed by atoms with van der Waals surface area (Å²) in [7, 11) is 0. The Morgan fingerprint density at radius 1 is 1.24 bits per heavy atom. The van der Waals surface area contributed by atoms with E-state index in [-0.39, 0.29) is 24.4 Å². The van der Waals surface area contributed by atoms with E-state index in [0.29, 0.717) is 34.7 Å². The van der Waals surface area contributed by atoms with Gasteiger partial charge in [0.25, 0.3) is 0 Å². The molecule has 0 radical (unpaired) electrons. The van der Waals surface area contributed by atoms with Crippen molar-refractivity contribution in [3.63, 3.8) is 0 Å². The molecule has 1 aliphatic heterocycles. The van der Waals surface area contributed by atoms with Crippen LogP contribution in [0.2, 0.25) is 0 Å². The third kappa shape index (κ3) is 2.20. The molecule has 0 saturated heterocycles. The third-order valence-corrected chi connectivity index (χ3v) is 3.42. The zero-order chi connectivity index (χ0) is 15.1. The molecule has 2 N–H and O–H groups in total. The number of ketones is 1. The highest BCUT2D eigenvalue weighted by Crippen LogP contribution is 2.45. The van der Waals surface area contributed by atoms with Crippen LogP contribution in [-0.2, 0) is 16.0 Å². The lowest BCUT2D eigenvalue weighted by molar-refractivity contribution is -0.119. The summed E-state index contributed by atoms with van der Waals surface area (Å²) < 4.78 is 10.7. The average molecular weight is 290 g/mol. The molecule has 110 valence electrons. The number of fused-ring (bicyclic) bond motifs is 3. The first-order valence-electron chi connectivity index (χ1n) is 6.51. The summed E-state index contributed by atoms with van der Waals surface area (Å²) >= 11 is 0. The zero-order valence-corrected chi connectivity index (χ0v) is 11.6. The van der Waals surface area contributed by atoms with Crippen molar-refractivity contribution in [3.05, 3.63) is 17.2 Å². The van der Waals surface area contributed by atoms with Gasteiger partial charge < -0.3 is 20.1 Å². The Morgan fingerprint density at radius 2 is 2.00 bits per heavy atom. The number of nitrogens with one attached hydrogen (secondary N) is 2. The molecular weight excluding hydrogens is 276 g/mol. The van der Waals surface area contributed by atoms with E-state index >= 15 is 0 Å². The number of amides is 2. The van der Waals surface area contributed by atoms with Crippen LogP contribution in [-0.4, -0.2) is 30.4 Å². The molecule has 1 atom stereocenters. The Morgan fingerprint density at radius 3 is 2.67 bits per heavy atom. The lowest BCUT2D eigenvalue weighted by Gasteiger charge is -2.10. The minimum Gasteiger partial charge on any atom is -0.454 e. The van der Waals surface area contributed by atoms with E-state index in [1.165, 1.54) is 13.8 Å². The van der Waals surface area contributed by atoms with Gasteiger partial charge in [0.15, 0.2) is 17.3 Å². The van der Waals surface area contributed by atoms with Gasteiger partial charge >= 0.3 is 0 Å². The first-order chi connectivity index (χ1) is 9.97. The first kappa shape index (κ1) is 13.4. The SMILES string of the molecule is CC(=O)Nc1cc2c(c3c1C(=O)C(NC(C)=O)C3)OCO2. The molecule has 3 rings (SSSR count). The van der Waals surface area contributed by atoms with Crippen molar-refractivity contribution in [2.75, 3.05) is 12.1 Å². The van der Waals surface area contributed by atoms with Crippen LogP contribution in [0, 0.1) is 0 Å². The quantitative estimate of drug-likeness (QED) is 0.832. The molecule has 0 fully saturated rings. The second kappa shape index (κ2) is 4.76. The van der Waals surface area contributed by atoms with Gasteiger partial charge in [0.1, 0.15) is 0 Å². The van der Waals surface area contributed by atoms with Gasteiger partial charge in [-0.25, -0.2) is 0 Å². The number of rotatable bonds is 2. The monoisotopic (exact) mass is 290 g/mol. The molecule has 1 heterocycles. The number of benzene rings is 1. The van der Waals surface area contributed by atoms with Crippen LogP contribution in [0.25, 0.3) is 0 Å². The minimum atomic E-state index is -0.638. The number of anilines is 1. The molecule has 7 nitrogen and oxygen atoms in total. The van der Waals surface area contributed by atoms with E-state index in [2.05, 4.69) is 10.6 Å². The van der Waals surface area contributed by atoms with E-state index in [9.17, 15) is 14.4 Å². The van der Waals surface area contributed by atoms with E-state index in [4.69, 9.17) is 9.47 Å². The maximum atomic E-state index is 12.5. The van der Waals surface area contributed by atoms with E-state index in [0.717, 1.165) is 0 Å². The van der Waals surface area contributed by atoms with Crippen LogP contribution in [0.5, 0.6) is 11.5 Å². The molecular formula is C14H14N2O5. The Balaban J connectivity index is 2.08. The van der Waals surface area contributed by atoms with Gasteiger partial charge in [-0.2, -0.15) is 0 Å². The predicted molar refractivity (Wildman–Crippen MR) is 72.5 cm³/mol. The number of hydrogen-bond acceptors (Lipinski definition) is 5. The minimum absolute atomic E-state index is 0.0737. The van der Waals surface area contributed by atoms with Gasteiger partial charge in [-0.15, -0.1) is 0 Å². The fraction of sp³-hybridized carbons (Fsp3) is 0.357. The Labute approximate surface area is 120 Å². The van der Waals surface area contributed by atoms with E-state index < -0.39 is 6.04 Å². The van der Waals surface area contributed by atoms with Gasteiger partial charge in [-0.3, -0.25) is 14.4 Å². The van der Waals surface area contributed by atoms with Crippen LogP contribution in [0.3, 0.4) is 0 Å².